The van der Waals surface area contributed by atoms with Gasteiger partial charge < -0.3 is 75.9 Å². The molecule has 4 aliphatic carbocycles. The number of aliphatic hydroxyl groups is 1. The number of piperidine rings is 4. The fraction of sp³-hybridized carbons (Fsp3) is 0.627. The van der Waals surface area contributed by atoms with E-state index in [1.54, 1.807) is 81.4 Å². The molecule has 788 valence electrons. The van der Waals surface area contributed by atoms with Gasteiger partial charge in [-0.1, -0.05) is 66.7 Å². The molecule has 9 fully saturated rings. The number of amides is 6. The first-order valence-electron chi connectivity index (χ1n) is 51.9. The minimum Gasteiger partial charge on any atom is -0.410 e. The molecule has 6 amide bonds. The van der Waals surface area contributed by atoms with Crippen LogP contribution in [0.2, 0.25) is 0 Å². The molecule has 24 nitrogen and oxygen atoms in total. The number of hydrogen-bond acceptors (Lipinski definition) is 20. The molecule has 5 saturated heterocycles. The standard InChI is InChI=1S/C27H38FN5O2S.C23H36FN3O.C22H34FN3O.C21H34FN3.C11H10N2O2S.C4H8O.CH2Cl2.CH4O/c1-18-17-36-27(29-18)31-26(35)30-25-11-10-24(32(3)19(2)34)14-22(25)16-33-12-4-5-21(15-33)13-20-6-8-23(28)9-7-20;1-17(28)26(3)22-10-11-23(25-2)20(14-22)16-27-12-4-5-19(15-27)13-18-6-8-21(24)9-7-18;1-16(27)25(2)21-9-10-22(24)19(13-21)15-26-11-3-4-18(14-26)12-17-5-7-20(23)8-6-17;1-23-20-9-10-21(24-2)18(13-20)15-25-11-3-4-17(14-25)12-16-5-7-19(22)8-6-16;1-8-7-16-10(12-8)13-11(14)15-9-5-3-2-4-6-9;1-2-4-5-3-1;2-1-3;1-2/h6-9,17,21-22,24-25H,4-5,10-16H2,1-3H3,(H2,29,30,31,35);6-9,19-20,22-23,25H,4-5,10-16H2,1-3H3;5-8,18-19,21-22H,3-4,9-15,24H2,1-2H3;5-8,17-18,20-21,23-24H,3-4,9-15H2,1-2H3;2-7H,1H3,(H,12,13,14);1-4H2;1H2;2H,1H3/t21-,22-,24+,25+;19-,20-,22+,23+;18-,19-,21+,22+;17-,18-,20+,21+;;;;/m0000..../s1. The minimum atomic E-state index is -0.527. The molecule has 4 saturated carbocycles. The van der Waals surface area contributed by atoms with Gasteiger partial charge in [0.2, 0.25) is 17.7 Å². The Balaban J connectivity index is 0.000000196. The van der Waals surface area contributed by atoms with Gasteiger partial charge in [0.25, 0.3) is 0 Å². The Labute approximate surface area is 863 Å². The van der Waals surface area contributed by atoms with Crippen molar-refractivity contribution in [2.45, 2.75) is 250 Å². The molecule has 0 spiro atoms. The lowest BCUT2D eigenvalue weighted by Crippen LogP contribution is -2.53. The van der Waals surface area contributed by atoms with Gasteiger partial charge in [-0.3, -0.25) is 25.0 Å². The third kappa shape index (κ3) is 41.9. The van der Waals surface area contributed by atoms with Crippen LogP contribution in [0.4, 0.5) is 37.4 Å². The van der Waals surface area contributed by atoms with E-state index in [0.29, 0.717) is 81.7 Å². The molecule has 0 radical (unpaired) electrons. The number of hydrogen-bond donors (Lipinski definition) is 8. The number of aromatic nitrogens is 2. The van der Waals surface area contributed by atoms with E-state index in [2.05, 4.69) is 82.6 Å². The van der Waals surface area contributed by atoms with Crippen LogP contribution in [-0.2, 0) is 44.8 Å². The van der Waals surface area contributed by atoms with E-state index in [9.17, 15) is 41.5 Å². The van der Waals surface area contributed by atoms with E-state index in [0.717, 1.165) is 180 Å². The van der Waals surface area contributed by atoms with E-state index >= 15 is 0 Å². The molecule has 0 unspecified atom stereocenters. The highest BCUT2D eigenvalue weighted by Gasteiger charge is 2.40. The van der Waals surface area contributed by atoms with Crippen LogP contribution in [0.25, 0.3) is 0 Å². The zero-order valence-corrected chi connectivity index (χ0v) is 89.6. The van der Waals surface area contributed by atoms with Crippen molar-refractivity contribution in [3.63, 3.8) is 0 Å². The first-order valence-corrected chi connectivity index (χ1v) is 54.8. The molecule has 16 rings (SSSR count). The van der Waals surface area contributed by atoms with Gasteiger partial charge in [-0.15, -0.1) is 45.9 Å². The SMILES string of the molecule is C1CCOC1.CC(=O)N(C)[C@@H]1CC[C@@H](N)[C@H](CN2CCC[C@@H](Cc3ccc(F)cc3)C2)C1.CC(=O)N(C)[C@@H]1CC[C@@H](NC(=O)Nc2nc(C)cs2)[C@H](CN2CCC[C@@H](Cc3ccc(F)cc3)C2)C1.CN[C@@H]1CC[C@@H](N(C)C(C)=O)C[C@H]1CN1CCC[C@@H](Cc2ccc(F)cc2)C1.CN[C@@H]1CC[C@@H](NC)[C@H](CN2CCC[C@@H](Cc3ccc(F)cc3)C2)C1.CO.Cc1csc(NC(=O)Oc2ccccc2)n1.ClCCl. The maximum absolute atomic E-state index is 13.3. The summed E-state index contributed by atoms with van der Waals surface area (Å²) in [6.07, 6.45) is 28.7. The number of benzene rings is 5. The van der Waals surface area contributed by atoms with E-state index in [1.165, 1.54) is 160 Å². The topological polar surface area (TPSA) is 271 Å². The lowest BCUT2D eigenvalue weighted by molar-refractivity contribution is -0.131. The number of thiazole rings is 2. The molecule has 5 aromatic carbocycles. The number of carbonyl (C=O) groups excluding carboxylic acids is 5. The molecule has 7 aromatic rings. The summed E-state index contributed by atoms with van der Waals surface area (Å²) in [5.74, 6) is 4.78. The molecular weight excluding hydrogens is 1880 g/mol. The number of carbonyl (C=O) groups is 5. The molecule has 7 heterocycles. The number of urea groups is 1. The minimum absolute atomic E-state index is 0.0418. The fourth-order valence-electron chi connectivity index (χ4n) is 22.3. The largest absolute Gasteiger partial charge is 0.418 e. The van der Waals surface area contributed by atoms with Gasteiger partial charge >= 0.3 is 12.1 Å². The van der Waals surface area contributed by atoms with Gasteiger partial charge in [-0.05, 0) is 358 Å². The van der Waals surface area contributed by atoms with Crippen LogP contribution in [0.15, 0.2) is 138 Å². The van der Waals surface area contributed by atoms with Crippen LogP contribution >= 0.6 is 45.9 Å². The van der Waals surface area contributed by atoms with Crippen molar-refractivity contribution in [1.82, 2.24) is 65.5 Å². The van der Waals surface area contributed by atoms with Gasteiger partial charge in [0, 0.05) is 174 Å². The van der Waals surface area contributed by atoms with Crippen molar-refractivity contribution < 1.29 is 56.1 Å². The van der Waals surface area contributed by atoms with Crippen molar-refractivity contribution >= 4 is 86.0 Å². The van der Waals surface area contributed by atoms with Gasteiger partial charge in [0.1, 0.15) is 29.0 Å². The summed E-state index contributed by atoms with van der Waals surface area (Å²) >= 11 is 12.3. The molecule has 0 bridgehead atoms. The fourth-order valence-corrected chi connectivity index (χ4v) is 23.6. The summed E-state index contributed by atoms with van der Waals surface area (Å²) in [7, 11) is 13.0. The quantitative estimate of drug-likeness (QED) is 0.0185. The van der Waals surface area contributed by atoms with E-state index < -0.39 is 6.09 Å². The number of rotatable bonds is 26. The second-order valence-corrected chi connectivity index (χ2v) is 43.0. The molecule has 16 atom stereocenters. The monoisotopic (exact) mass is 2050 g/mol. The average Bonchev–Trinajstić information content (AvgIpc) is 1.46. The number of nitrogens with zero attached hydrogens (tertiary/aromatic N) is 9. The number of nitrogens with one attached hydrogen (secondary N) is 6. The summed E-state index contributed by atoms with van der Waals surface area (Å²) in [5, 5.41) is 31.3. The Bertz CT molecular complexity index is 4730. The smallest absolute Gasteiger partial charge is 0.410 e. The van der Waals surface area contributed by atoms with Crippen molar-refractivity contribution in [3.8, 4) is 5.75 Å². The zero-order valence-electron chi connectivity index (χ0n) is 86.5. The van der Waals surface area contributed by atoms with Crippen LogP contribution in [0.5, 0.6) is 5.75 Å². The van der Waals surface area contributed by atoms with Crippen LogP contribution in [0, 0.1) is 84.5 Å². The van der Waals surface area contributed by atoms with Crippen molar-refractivity contribution in [2.75, 3.05) is 157 Å². The summed E-state index contributed by atoms with van der Waals surface area (Å²) in [6, 6.07) is 39.6. The Morgan fingerprint density at radius 2 is 0.775 bits per heavy atom. The number of halogens is 6. The van der Waals surface area contributed by atoms with Crippen molar-refractivity contribution in [1.29, 1.82) is 0 Å². The zero-order chi connectivity index (χ0) is 102. The number of aryl methyl sites for hydroxylation is 2. The maximum atomic E-state index is 13.3. The van der Waals surface area contributed by atoms with Crippen molar-refractivity contribution in [2.24, 2.45) is 53.1 Å². The number of ether oxygens (including phenoxy) is 2. The Hall–Kier alpha value is -7.79. The third-order valence-electron chi connectivity index (χ3n) is 30.1. The highest BCUT2D eigenvalue weighted by atomic mass is 35.5. The van der Waals surface area contributed by atoms with Crippen LogP contribution in [0.3, 0.4) is 0 Å². The molecule has 142 heavy (non-hydrogen) atoms. The van der Waals surface area contributed by atoms with Crippen LogP contribution in [0.1, 0.15) is 196 Å². The number of alkyl halides is 2. The van der Waals surface area contributed by atoms with E-state index in [4.69, 9.17) is 43.5 Å². The second-order valence-electron chi connectivity index (χ2n) is 40.5. The molecule has 9 N–H and O–H groups in total. The molecule has 32 heteroatoms. The highest BCUT2D eigenvalue weighted by Crippen LogP contribution is 2.37. The average molecular weight is 2050 g/mol. The van der Waals surface area contributed by atoms with E-state index in [-0.39, 0.29) is 76.4 Å². The Kier molecular flexibility index (Phi) is 52.8. The second kappa shape index (κ2) is 63.7. The summed E-state index contributed by atoms with van der Waals surface area (Å²) in [6.45, 7) is 23.9. The Morgan fingerprint density at radius 1 is 0.444 bits per heavy atom. The Morgan fingerprint density at radius 3 is 1.11 bits per heavy atom. The highest BCUT2D eigenvalue weighted by molar-refractivity contribution is 7.14. The maximum Gasteiger partial charge on any atom is 0.418 e. The van der Waals surface area contributed by atoms with E-state index in [1.807, 2.05) is 115 Å². The predicted octanol–water partition coefficient (Wildman–Crippen LogP) is 19.0. The third-order valence-corrected chi connectivity index (χ3v) is 31.8. The lowest BCUT2D eigenvalue weighted by Gasteiger charge is -2.43. The number of para-hydroxylation sites is 1. The normalized spacial score (nSPS) is 25.2. The van der Waals surface area contributed by atoms with Crippen LogP contribution in [-0.4, -0.2) is 274 Å². The number of anilines is 2. The summed E-state index contributed by atoms with van der Waals surface area (Å²) < 4.78 is 62.7. The van der Waals surface area contributed by atoms with Gasteiger partial charge in [0.15, 0.2) is 10.3 Å². The van der Waals surface area contributed by atoms with Gasteiger partial charge in [0.05, 0.1) is 16.7 Å². The number of aliphatic hydroxyl groups excluding tert-OH is 1. The molecule has 9 aliphatic rings. The molecule has 2 aromatic heterocycles. The first-order chi connectivity index (χ1) is 68.5. The summed E-state index contributed by atoms with van der Waals surface area (Å²) in [5.41, 5.74) is 13.1. The van der Waals surface area contributed by atoms with Crippen LogP contribution < -0.4 is 42.4 Å². The first kappa shape index (κ1) is 118. The summed E-state index contributed by atoms with van der Waals surface area (Å²) in [4.78, 5) is 84.3. The van der Waals surface area contributed by atoms with Gasteiger partial charge in [-0.25, -0.2) is 37.1 Å². The van der Waals surface area contributed by atoms with Gasteiger partial charge in [-0.2, -0.15) is 0 Å². The predicted molar refractivity (Wildman–Crippen MR) is 570 cm³/mol. The number of nitrogens with two attached hydrogens (primary N) is 1. The molecule has 5 aliphatic heterocycles. The molecular formula is C110H166Cl2F4N16O8S2. The number of likely N-dealkylation sites (tertiary alicyclic amines) is 4. The van der Waals surface area contributed by atoms with Crippen molar-refractivity contribution in [3.05, 3.63) is 195 Å². The lowest BCUT2D eigenvalue weighted by atomic mass is 9.80.